The number of imidazole rings is 2. The van der Waals surface area contributed by atoms with Crippen LogP contribution in [0.15, 0.2) is 22.2 Å². The van der Waals surface area contributed by atoms with Crippen molar-refractivity contribution in [1.29, 1.82) is 0 Å². The summed E-state index contributed by atoms with van der Waals surface area (Å²) in [7, 11) is -16.7. The Kier molecular flexibility index (Phi) is 7.68. The van der Waals surface area contributed by atoms with Crippen molar-refractivity contribution >= 4 is 57.6 Å². The third-order valence-electron chi connectivity index (χ3n) is 5.47. The Morgan fingerprint density at radius 1 is 1.07 bits per heavy atom. The zero-order valence-electron chi connectivity index (χ0n) is 20.3. The maximum absolute atomic E-state index is 12.5. The summed E-state index contributed by atoms with van der Waals surface area (Å²) in [5, 5.41) is 10.4. The molecule has 228 valence electrons. The topological polar surface area (TPSA) is 354 Å². The number of nitrogens with one attached hydrogen (secondary N) is 3. The summed E-state index contributed by atoms with van der Waals surface area (Å²) in [5.74, 6) is -0.260. The molecule has 5 atom stereocenters. The fraction of sp³-hybridized carbons (Fsp3) is 0.333. The van der Waals surface area contributed by atoms with Crippen molar-refractivity contribution in [3.8, 4) is 0 Å². The highest BCUT2D eigenvalue weighted by Crippen LogP contribution is 2.66. The number of phosphoric acid groups is 3. The van der Waals surface area contributed by atoms with E-state index in [2.05, 4.69) is 48.5 Å². The number of nitrogens with two attached hydrogens (primary N) is 1. The van der Waals surface area contributed by atoms with Gasteiger partial charge in [-0.3, -0.25) is 29.3 Å². The average molecular weight is 656 g/mol. The SMILES string of the molecule is Nc1nc2c([nH]c(=O)n2Nc2ncnc3c2ncn3[C@H]2CC(O)[C@@H](COP(=O)(O)OP(=O)(O)OP(=O)(O)O)O2)c(=O)[nH]1. The molecule has 4 aromatic heterocycles. The van der Waals surface area contributed by atoms with Crippen LogP contribution in [0.2, 0.25) is 0 Å². The summed E-state index contributed by atoms with van der Waals surface area (Å²) in [6, 6.07) is 0. The number of H-pyrrole nitrogens is 2. The van der Waals surface area contributed by atoms with E-state index in [-0.39, 0.29) is 40.5 Å². The zero-order valence-corrected chi connectivity index (χ0v) is 23.0. The van der Waals surface area contributed by atoms with Gasteiger partial charge in [0.05, 0.1) is 19.0 Å². The van der Waals surface area contributed by atoms with E-state index < -0.39 is 59.8 Å². The second-order valence-electron chi connectivity index (χ2n) is 8.39. The lowest BCUT2D eigenvalue weighted by molar-refractivity contribution is -0.0423. The minimum atomic E-state index is -5.73. The van der Waals surface area contributed by atoms with Gasteiger partial charge in [-0.1, -0.05) is 0 Å². The van der Waals surface area contributed by atoms with Gasteiger partial charge in [-0.05, 0) is 0 Å². The number of phosphoric ester groups is 1. The second-order valence-corrected chi connectivity index (χ2v) is 12.8. The predicted molar refractivity (Wildman–Crippen MR) is 134 cm³/mol. The molecular formula is C15H19N10O14P3. The number of hydrogen-bond acceptors (Lipinski definition) is 16. The van der Waals surface area contributed by atoms with E-state index in [4.69, 9.17) is 20.3 Å². The molecule has 10 N–H and O–H groups in total. The Bertz CT molecular complexity index is 1930. The van der Waals surface area contributed by atoms with Crippen LogP contribution in [0.1, 0.15) is 12.6 Å². The first-order valence-corrected chi connectivity index (χ1v) is 15.6. The van der Waals surface area contributed by atoms with E-state index in [1.165, 1.54) is 10.9 Å². The molecule has 3 unspecified atom stereocenters. The van der Waals surface area contributed by atoms with Crippen LogP contribution in [-0.2, 0) is 31.6 Å². The van der Waals surface area contributed by atoms with E-state index >= 15 is 0 Å². The van der Waals surface area contributed by atoms with E-state index in [0.717, 1.165) is 11.0 Å². The maximum atomic E-state index is 12.5. The van der Waals surface area contributed by atoms with Crippen molar-refractivity contribution in [2.75, 3.05) is 17.8 Å². The summed E-state index contributed by atoms with van der Waals surface area (Å²) in [6.07, 6.45) is -1.38. The molecule has 1 aliphatic heterocycles. The van der Waals surface area contributed by atoms with Gasteiger partial charge in [0.1, 0.15) is 18.7 Å². The molecule has 0 bridgehead atoms. The molecule has 4 aromatic rings. The van der Waals surface area contributed by atoms with Crippen LogP contribution in [0.4, 0.5) is 11.8 Å². The lowest BCUT2D eigenvalue weighted by Gasteiger charge is -2.19. The average Bonchev–Trinajstić information content (AvgIpc) is 3.52. The van der Waals surface area contributed by atoms with Gasteiger partial charge in [-0.15, -0.1) is 0 Å². The van der Waals surface area contributed by atoms with Gasteiger partial charge < -0.3 is 35.2 Å². The minimum Gasteiger partial charge on any atom is -0.390 e. The number of aliphatic hydroxyl groups is 1. The predicted octanol–water partition coefficient (Wildman–Crippen LogP) is -2.00. The van der Waals surface area contributed by atoms with Crippen LogP contribution in [-0.4, -0.2) is 82.6 Å². The monoisotopic (exact) mass is 656 g/mol. The Labute approximate surface area is 229 Å². The zero-order chi connectivity index (χ0) is 30.6. The van der Waals surface area contributed by atoms with Crippen LogP contribution in [0, 0.1) is 0 Å². The summed E-state index contributed by atoms with van der Waals surface area (Å²) in [5.41, 5.74) is 6.73. The van der Waals surface area contributed by atoms with Gasteiger partial charge in [0.2, 0.25) is 5.95 Å². The molecule has 42 heavy (non-hydrogen) atoms. The largest absolute Gasteiger partial charge is 0.490 e. The molecule has 1 saturated heterocycles. The highest BCUT2D eigenvalue weighted by Gasteiger charge is 2.43. The van der Waals surface area contributed by atoms with Gasteiger partial charge in [-0.2, -0.15) is 18.3 Å². The summed E-state index contributed by atoms with van der Waals surface area (Å²) < 4.78 is 53.9. The van der Waals surface area contributed by atoms with Gasteiger partial charge >= 0.3 is 29.2 Å². The van der Waals surface area contributed by atoms with Crippen molar-refractivity contribution in [2.24, 2.45) is 0 Å². The third kappa shape index (κ3) is 6.34. The number of aliphatic hydroxyl groups excluding tert-OH is 1. The van der Waals surface area contributed by atoms with E-state index in [1.807, 2.05) is 0 Å². The third-order valence-corrected chi connectivity index (χ3v) is 9.28. The number of rotatable bonds is 10. The molecule has 0 amide bonds. The van der Waals surface area contributed by atoms with Gasteiger partial charge in [0, 0.05) is 6.42 Å². The Morgan fingerprint density at radius 2 is 1.81 bits per heavy atom. The molecule has 5 heterocycles. The first-order valence-electron chi connectivity index (χ1n) is 11.1. The van der Waals surface area contributed by atoms with Crippen molar-refractivity contribution in [3.63, 3.8) is 0 Å². The Morgan fingerprint density at radius 3 is 2.52 bits per heavy atom. The highest BCUT2D eigenvalue weighted by atomic mass is 31.3. The molecule has 27 heteroatoms. The highest BCUT2D eigenvalue weighted by molar-refractivity contribution is 7.66. The number of aromatic amines is 2. The van der Waals surface area contributed by atoms with Crippen molar-refractivity contribution in [3.05, 3.63) is 33.5 Å². The normalized spacial score (nSPS) is 22.4. The molecule has 5 rings (SSSR count). The van der Waals surface area contributed by atoms with Crippen molar-refractivity contribution in [2.45, 2.75) is 24.9 Å². The van der Waals surface area contributed by atoms with Gasteiger partial charge in [-0.25, -0.2) is 33.4 Å². The lowest BCUT2D eigenvalue weighted by Crippen LogP contribution is -2.26. The van der Waals surface area contributed by atoms with Crippen LogP contribution >= 0.6 is 23.5 Å². The number of ether oxygens (including phenoxy) is 1. The number of fused-ring (bicyclic) bond motifs is 2. The number of hydrogen-bond donors (Lipinski definition) is 9. The van der Waals surface area contributed by atoms with Crippen LogP contribution in [0.25, 0.3) is 22.3 Å². The Hall–Kier alpha value is -3.37. The molecule has 24 nitrogen and oxygen atoms in total. The lowest BCUT2D eigenvalue weighted by atomic mass is 10.2. The van der Waals surface area contributed by atoms with E-state index in [9.17, 15) is 38.2 Å². The van der Waals surface area contributed by atoms with E-state index in [0.29, 0.717) is 0 Å². The first-order chi connectivity index (χ1) is 19.5. The molecule has 0 saturated carbocycles. The molecule has 0 spiro atoms. The molecule has 1 fully saturated rings. The summed E-state index contributed by atoms with van der Waals surface area (Å²) in [4.78, 5) is 81.5. The Balaban J connectivity index is 1.32. The molecule has 0 aliphatic carbocycles. The fourth-order valence-corrected chi connectivity index (χ4v) is 6.90. The summed E-state index contributed by atoms with van der Waals surface area (Å²) >= 11 is 0. The number of aromatic nitrogens is 8. The van der Waals surface area contributed by atoms with Crippen LogP contribution < -0.4 is 22.4 Å². The van der Waals surface area contributed by atoms with Gasteiger partial charge in [0.25, 0.3) is 5.56 Å². The first kappa shape index (κ1) is 30.1. The molecule has 0 radical (unpaired) electrons. The van der Waals surface area contributed by atoms with E-state index in [1.54, 1.807) is 0 Å². The summed E-state index contributed by atoms with van der Waals surface area (Å²) in [6.45, 7) is -0.880. The standard InChI is InChI=1S/C15H19N10O14P3/c16-14-21-12-9(13(27)22-14)20-15(28)25(12)23-10-8-11(18-3-17-10)24(4-19-8)7-1-5(26)6(37-7)2-36-41(32,33)39-42(34,35)38-40(29,30)31/h3-7,26H,1-2H2,(H,20,28)(H,32,33)(H,34,35)(H,17,18,23)(H2,29,30,31)(H3,16,21,22,27)/t5?,6-,7-/m1/s1. The number of nitrogen functional groups attached to an aromatic ring is 1. The number of anilines is 2. The van der Waals surface area contributed by atoms with Crippen molar-refractivity contribution in [1.82, 2.24) is 39.1 Å². The fourth-order valence-electron chi connectivity index (χ4n) is 3.87. The minimum absolute atomic E-state index is 0.00911. The second kappa shape index (κ2) is 10.7. The quantitative estimate of drug-likeness (QED) is 0.0833. The van der Waals surface area contributed by atoms with Crippen LogP contribution in [0.5, 0.6) is 0 Å². The molecule has 0 aromatic carbocycles. The number of nitrogens with zero attached hydrogens (tertiary/aromatic N) is 6. The van der Waals surface area contributed by atoms with Gasteiger partial charge in [0.15, 0.2) is 28.1 Å². The smallest absolute Gasteiger partial charge is 0.390 e. The van der Waals surface area contributed by atoms with Crippen LogP contribution in [0.3, 0.4) is 0 Å². The molecular weight excluding hydrogens is 637 g/mol. The maximum Gasteiger partial charge on any atom is 0.490 e. The molecule has 1 aliphatic rings. The van der Waals surface area contributed by atoms with Crippen molar-refractivity contribution < 1.29 is 56.3 Å².